The Balaban J connectivity index is 1.64. The number of rotatable bonds is 4. The predicted molar refractivity (Wildman–Crippen MR) is 103 cm³/mol. The lowest BCUT2D eigenvalue weighted by atomic mass is 10.0. The maximum Gasteiger partial charge on any atom is 0.349 e. The summed E-state index contributed by atoms with van der Waals surface area (Å²) in [4.78, 5) is 27.2. The zero-order valence-corrected chi connectivity index (χ0v) is 15.2. The third kappa shape index (κ3) is 3.33. The van der Waals surface area contributed by atoms with Crippen LogP contribution in [0.25, 0.3) is 11.0 Å². The second-order valence-electron chi connectivity index (χ2n) is 6.64. The van der Waals surface area contributed by atoms with E-state index >= 15 is 0 Å². The van der Waals surface area contributed by atoms with Gasteiger partial charge in [0.25, 0.3) is 5.91 Å². The largest absolute Gasteiger partial charge is 0.494 e. The number of benzene rings is 2. The molecule has 0 aliphatic carbocycles. The summed E-state index contributed by atoms with van der Waals surface area (Å²) < 4.78 is 10.8. The van der Waals surface area contributed by atoms with Crippen LogP contribution in [0.15, 0.2) is 63.8 Å². The molecule has 5 heteroatoms. The zero-order chi connectivity index (χ0) is 18.8. The van der Waals surface area contributed by atoms with Gasteiger partial charge in [-0.15, -0.1) is 0 Å². The molecule has 3 aromatic rings. The van der Waals surface area contributed by atoms with Crippen molar-refractivity contribution >= 4 is 16.9 Å². The van der Waals surface area contributed by atoms with Crippen LogP contribution in [0, 0.1) is 0 Å². The molecule has 0 saturated carbocycles. The number of carbonyl (C=O) groups is 1. The third-order valence-corrected chi connectivity index (χ3v) is 4.96. The highest BCUT2D eigenvalue weighted by atomic mass is 16.5. The van der Waals surface area contributed by atoms with Gasteiger partial charge in [0, 0.05) is 11.9 Å². The summed E-state index contributed by atoms with van der Waals surface area (Å²) in [5.41, 5.74) is 1.04. The first-order valence-electron chi connectivity index (χ1n) is 9.24. The number of nitrogens with zero attached hydrogens (tertiary/aromatic N) is 1. The number of carbonyl (C=O) groups excluding carboxylic acids is 1. The van der Waals surface area contributed by atoms with E-state index < -0.39 is 5.63 Å². The highest BCUT2D eigenvalue weighted by Crippen LogP contribution is 2.33. The van der Waals surface area contributed by atoms with E-state index in [2.05, 4.69) is 0 Å². The topological polar surface area (TPSA) is 59.8 Å². The maximum absolute atomic E-state index is 13.1. The highest BCUT2D eigenvalue weighted by Gasteiger charge is 2.32. The van der Waals surface area contributed by atoms with E-state index in [-0.39, 0.29) is 17.5 Å². The van der Waals surface area contributed by atoms with E-state index in [4.69, 9.17) is 9.15 Å². The van der Waals surface area contributed by atoms with E-state index in [1.165, 1.54) is 0 Å². The molecule has 1 saturated heterocycles. The van der Waals surface area contributed by atoms with Crippen molar-refractivity contribution in [2.24, 2.45) is 0 Å². The Kier molecular flexibility index (Phi) is 4.67. The maximum atomic E-state index is 13.1. The molecule has 2 heterocycles. The molecule has 0 unspecified atom stereocenters. The van der Waals surface area contributed by atoms with Gasteiger partial charge in [-0.3, -0.25) is 4.79 Å². The Bertz CT molecular complexity index is 1020. The molecule has 1 atom stereocenters. The van der Waals surface area contributed by atoms with Crippen LogP contribution in [0.2, 0.25) is 0 Å². The Labute approximate surface area is 157 Å². The third-order valence-electron chi connectivity index (χ3n) is 4.96. The van der Waals surface area contributed by atoms with Gasteiger partial charge in [-0.2, -0.15) is 0 Å². The first-order chi connectivity index (χ1) is 13.2. The van der Waals surface area contributed by atoms with Gasteiger partial charge in [0.05, 0.1) is 12.6 Å². The molecule has 0 bridgehead atoms. The average molecular weight is 363 g/mol. The van der Waals surface area contributed by atoms with E-state index in [0.29, 0.717) is 18.7 Å². The molecule has 27 heavy (non-hydrogen) atoms. The van der Waals surface area contributed by atoms with Gasteiger partial charge in [0.15, 0.2) is 0 Å². The van der Waals surface area contributed by atoms with Crippen molar-refractivity contribution in [3.8, 4) is 5.75 Å². The Morgan fingerprint density at radius 3 is 2.74 bits per heavy atom. The molecule has 5 nitrogen and oxygen atoms in total. The van der Waals surface area contributed by atoms with Crippen LogP contribution in [-0.4, -0.2) is 24.0 Å². The summed E-state index contributed by atoms with van der Waals surface area (Å²) in [5.74, 6) is 0.540. The van der Waals surface area contributed by atoms with Crippen molar-refractivity contribution < 1.29 is 13.9 Å². The number of amides is 1. The molecule has 1 amide bonds. The highest BCUT2D eigenvalue weighted by molar-refractivity contribution is 5.97. The van der Waals surface area contributed by atoms with Gasteiger partial charge in [-0.05, 0) is 49.6 Å². The number of likely N-dealkylation sites (tertiary alicyclic amines) is 1. The van der Waals surface area contributed by atoms with Crippen LogP contribution in [0.1, 0.15) is 41.7 Å². The summed E-state index contributed by atoms with van der Waals surface area (Å²) >= 11 is 0. The number of hydrogen-bond donors (Lipinski definition) is 0. The van der Waals surface area contributed by atoms with Crippen LogP contribution < -0.4 is 10.4 Å². The number of hydrogen-bond acceptors (Lipinski definition) is 4. The lowest BCUT2D eigenvalue weighted by Crippen LogP contribution is -2.33. The van der Waals surface area contributed by atoms with Gasteiger partial charge in [-0.1, -0.05) is 30.3 Å². The number of para-hydroxylation sites is 1. The standard InChI is InChI=1S/C22H21NO4/c1-2-26-17-11-9-15(10-12-17)19-7-5-13-23(19)21(24)18-14-16-6-3-4-8-20(16)27-22(18)25/h3-4,6,8-12,14,19H,2,5,7,13H2,1H3/t19-/m1/s1. The predicted octanol–water partition coefficient (Wildman–Crippen LogP) is 4.17. The van der Waals surface area contributed by atoms with Gasteiger partial charge in [0.2, 0.25) is 0 Å². The average Bonchev–Trinajstić information content (AvgIpc) is 3.17. The molecule has 0 radical (unpaired) electrons. The molecule has 1 aliphatic heterocycles. The second-order valence-corrected chi connectivity index (χ2v) is 6.64. The zero-order valence-electron chi connectivity index (χ0n) is 15.2. The Morgan fingerprint density at radius 1 is 1.19 bits per heavy atom. The lowest BCUT2D eigenvalue weighted by molar-refractivity contribution is 0.0731. The number of ether oxygens (including phenoxy) is 1. The molecule has 1 aromatic heterocycles. The second kappa shape index (κ2) is 7.27. The van der Waals surface area contributed by atoms with Crippen LogP contribution in [0.4, 0.5) is 0 Å². The normalized spacial score (nSPS) is 16.6. The molecule has 138 valence electrons. The van der Waals surface area contributed by atoms with E-state index in [0.717, 1.165) is 29.5 Å². The van der Waals surface area contributed by atoms with E-state index in [1.54, 1.807) is 23.1 Å². The minimum absolute atomic E-state index is 0.0425. The summed E-state index contributed by atoms with van der Waals surface area (Å²) in [6.07, 6.45) is 1.78. The first kappa shape index (κ1) is 17.3. The van der Waals surface area contributed by atoms with Crippen molar-refractivity contribution in [2.45, 2.75) is 25.8 Å². The fourth-order valence-corrected chi connectivity index (χ4v) is 3.67. The summed E-state index contributed by atoms with van der Waals surface area (Å²) in [6.45, 7) is 3.19. The first-order valence-corrected chi connectivity index (χ1v) is 9.24. The molecule has 1 aliphatic rings. The number of fused-ring (bicyclic) bond motifs is 1. The van der Waals surface area contributed by atoms with Crippen LogP contribution in [-0.2, 0) is 0 Å². The van der Waals surface area contributed by atoms with Gasteiger partial charge < -0.3 is 14.1 Å². The Morgan fingerprint density at radius 2 is 1.96 bits per heavy atom. The van der Waals surface area contributed by atoms with Crippen LogP contribution in [0.3, 0.4) is 0 Å². The van der Waals surface area contributed by atoms with Crippen molar-refractivity contribution in [2.75, 3.05) is 13.2 Å². The quantitative estimate of drug-likeness (QED) is 0.653. The fourth-order valence-electron chi connectivity index (χ4n) is 3.67. The van der Waals surface area contributed by atoms with Crippen molar-refractivity contribution in [1.29, 1.82) is 0 Å². The van der Waals surface area contributed by atoms with Gasteiger partial charge >= 0.3 is 5.63 Å². The molecular weight excluding hydrogens is 342 g/mol. The molecule has 4 rings (SSSR count). The van der Waals surface area contributed by atoms with E-state index in [9.17, 15) is 9.59 Å². The summed E-state index contributed by atoms with van der Waals surface area (Å²) in [6, 6.07) is 16.6. The van der Waals surface area contributed by atoms with E-state index in [1.807, 2.05) is 43.3 Å². The molecule has 0 spiro atoms. The van der Waals surface area contributed by atoms with Crippen molar-refractivity contribution in [3.63, 3.8) is 0 Å². The minimum Gasteiger partial charge on any atom is -0.494 e. The molecular formula is C22H21NO4. The molecule has 1 fully saturated rings. The smallest absolute Gasteiger partial charge is 0.349 e. The molecule has 2 aromatic carbocycles. The van der Waals surface area contributed by atoms with Crippen LogP contribution in [0.5, 0.6) is 5.75 Å². The van der Waals surface area contributed by atoms with Crippen molar-refractivity contribution in [3.05, 3.63) is 76.1 Å². The van der Waals surface area contributed by atoms with Crippen LogP contribution >= 0.6 is 0 Å². The fraction of sp³-hybridized carbons (Fsp3) is 0.273. The minimum atomic E-state index is -0.587. The summed E-state index contributed by atoms with van der Waals surface area (Å²) in [7, 11) is 0. The van der Waals surface area contributed by atoms with Gasteiger partial charge in [-0.25, -0.2) is 4.79 Å². The lowest BCUT2D eigenvalue weighted by Gasteiger charge is -2.25. The molecule has 0 N–H and O–H groups in total. The SMILES string of the molecule is CCOc1ccc([C@H]2CCCN2C(=O)c2cc3ccccc3oc2=O)cc1. The summed E-state index contributed by atoms with van der Waals surface area (Å²) in [5, 5.41) is 0.747. The van der Waals surface area contributed by atoms with Gasteiger partial charge in [0.1, 0.15) is 16.9 Å². The monoisotopic (exact) mass is 363 g/mol. The Hall–Kier alpha value is -3.08. The van der Waals surface area contributed by atoms with Crippen molar-refractivity contribution in [1.82, 2.24) is 4.90 Å².